The molecule has 2 aromatic carbocycles. The molecule has 0 saturated heterocycles. The predicted molar refractivity (Wildman–Crippen MR) is 188 cm³/mol. The van der Waals surface area contributed by atoms with Gasteiger partial charge in [-0.3, -0.25) is 19.6 Å². The van der Waals surface area contributed by atoms with Crippen molar-refractivity contribution >= 4 is 46.5 Å². The van der Waals surface area contributed by atoms with E-state index in [1.54, 1.807) is 6.08 Å². The second kappa shape index (κ2) is 15.6. The normalized spacial score (nSPS) is 17.1. The lowest BCUT2D eigenvalue weighted by Crippen LogP contribution is -2.27. The van der Waals surface area contributed by atoms with Gasteiger partial charge in [-0.1, -0.05) is 55.6 Å². The van der Waals surface area contributed by atoms with E-state index in [1.165, 1.54) is 23.6 Å². The van der Waals surface area contributed by atoms with E-state index in [0.717, 1.165) is 56.8 Å². The van der Waals surface area contributed by atoms with Crippen LogP contribution < -0.4 is 11.5 Å². The summed E-state index contributed by atoms with van der Waals surface area (Å²) in [6.45, 7) is 22.4. The quantitative estimate of drug-likeness (QED) is 0.123. The molecule has 45 heavy (non-hydrogen) atoms. The molecule has 2 aliphatic rings. The fraction of sp³-hybridized carbons (Fsp3) is 0.270. The lowest BCUT2D eigenvalue weighted by Gasteiger charge is -2.21. The van der Waals surface area contributed by atoms with Gasteiger partial charge < -0.3 is 21.8 Å². The Hall–Kier alpha value is -5.11. The number of nitrogens with two attached hydrogens (primary N) is 2. The van der Waals surface area contributed by atoms with E-state index in [4.69, 9.17) is 21.9 Å². The average Bonchev–Trinajstić information content (AvgIpc) is 3.20. The number of nitrogens with one attached hydrogen (secondary N) is 1. The number of hydrogen-bond acceptors (Lipinski definition) is 5. The standard InChI is InChI=1S/C32H33N3O2.C5H11N3/c1-19-7-10-25(11-8-19)23(5)27-13-14-30(20(2)9-12-26(27)17-33)34-31-16-29-28(15-21(31)3)24(6)35(32(29)37)18-22(4)36;1-2-3-4-8-5(6)7/h7-8,10-11,15-17,33H,2,5-6,9,12-14,18H2,1,3-4H3;2H,1,3-4H2,(H4,6,7,8)/b27-26-,33-17?,34-30?;. The zero-order valence-electron chi connectivity index (χ0n) is 26.7. The van der Waals surface area contributed by atoms with Gasteiger partial charge in [0.25, 0.3) is 5.91 Å². The van der Waals surface area contributed by atoms with Crippen LogP contribution in [0.25, 0.3) is 11.3 Å². The Bertz CT molecular complexity index is 1640. The summed E-state index contributed by atoms with van der Waals surface area (Å²) in [5, 5.41) is 8.03. The van der Waals surface area contributed by atoms with E-state index in [2.05, 4.69) is 62.5 Å². The van der Waals surface area contributed by atoms with Crippen LogP contribution in [0.4, 0.5) is 5.69 Å². The lowest BCUT2D eigenvalue weighted by molar-refractivity contribution is -0.117. The number of aliphatic imine (C=N–C) groups is 2. The minimum Gasteiger partial charge on any atom is -0.370 e. The van der Waals surface area contributed by atoms with E-state index < -0.39 is 0 Å². The SMILES string of the molecule is C=C1CC/C(C=N)=C(/C(=C)c2ccc(C)cc2)CCC1=Nc1cc2c(cc1C)C(=C)N(CC(C)=O)C2=O.C=CCCN=C(N)N. The number of Topliss-reactive ketones (excluding diaryl/α,β-unsaturated/α-hetero) is 1. The molecule has 1 aliphatic carbocycles. The first-order valence-electron chi connectivity index (χ1n) is 14.9. The molecule has 0 bridgehead atoms. The molecule has 2 aromatic rings. The third-order valence-corrected chi connectivity index (χ3v) is 7.75. The fourth-order valence-corrected chi connectivity index (χ4v) is 5.20. The summed E-state index contributed by atoms with van der Waals surface area (Å²) in [5.41, 5.74) is 20.6. The highest BCUT2D eigenvalue weighted by molar-refractivity contribution is 6.11. The van der Waals surface area contributed by atoms with E-state index in [1.807, 2.05) is 19.1 Å². The molecule has 8 heteroatoms. The van der Waals surface area contributed by atoms with Crippen LogP contribution in [0.5, 0.6) is 0 Å². The Morgan fingerprint density at radius 3 is 2.33 bits per heavy atom. The van der Waals surface area contributed by atoms with E-state index >= 15 is 0 Å². The smallest absolute Gasteiger partial charge is 0.259 e. The number of hydrogen-bond donors (Lipinski definition) is 3. The molecule has 8 nitrogen and oxygen atoms in total. The number of benzene rings is 2. The van der Waals surface area contributed by atoms with Gasteiger partial charge in [0.2, 0.25) is 0 Å². The molecule has 0 aromatic heterocycles. The number of amides is 1. The van der Waals surface area contributed by atoms with Gasteiger partial charge in [-0.05, 0) is 98.4 Å². The monoisotopic (exact) mass is 604 g/mol. The van der Waals surface area contributed by atoms with Crippen LogP contribution in [0.2, 0.25) is 0 Å². The van der Waals surface area contributed by atoms with Crippen molar-refractivity contribution in [3.8, 4) is 0 Å². The molecule has 1 amide bonds. The summed E-state index contributed by atoms with van der Waals surface area (Å²) in [7, 11) is 0. The van der Waals surface area contributed by atoms with Crippen molar-refractivity contribution in [3.05, 3.63) is 113 Å². The number of guanidine groups is 1. The number of allylic oxidation sites excluding steroid dienone is 4. The number of carbonyl (C=O) groups excluding carboxylic acids is 2. The number of nitrogens with zero attached hydrogens (tertiary/aromatic N) is 3. The molecule has 5 N–H and O–H groups in total. The van der Waals surface area contributed by atoms with Gasteiger partial charge in [0.05, 0.1) is 17.8 Å². The van der Waals surface area contributed by atoms with Gasteiger partial charge >= 0.3 is 0 Å². The molecule has 0 saturated carbocycles. The minimum absolute atomic E-state index is 0.0153. The van der Waals surface area contributed by atoms with Crippen LogP contribution in [0.1, 0.15) is 71.6 Å². The summed E-state index contributed by atoms with van der Waals surface area (Å²) in [4.78, 5) is 34.8. The van der Waals surface area contributed by atoms with Crippen LogP contribution in [0, 0.1) is 19.3 Å². The molecular weight excluding hydrogens is 560 g/mol. The highest BCUT2D eigenvalue weighted by atomic mass is 16.2. The van der Waals surface area contributed by atoms with Crippen LogP contribution in [-0.4, -0.2) is 47.6 Å². The van der Waals surface area contributed by atoms with Crippen molar-refractivity contribution in [3.63, 3.8) is 0 Å². The largest absolute Gasteiger partial charge is 0.370 e. The maximum Gasteiger partial charge on any atom is 0.259 e. The molecular formula is C37H44N6O2. The zero-order chi connectivity index (χ0) is 33.3. The second-order valence-corrected chi connectivity index (χ2v) is 11.3. The molecule has 0 fully saturated rings. The zero-order valence-corrected chi connectivity index (χ0v) is 26.7. The van der Waals surface area contributed by atoms with Crippen molar-refractivity contribution in [2.75, 3.05) is 13.1 Å². The number of carbonyl (C=O) groups is 2. The summed E-state index contributed by atoms with van der Waals surface area (Å²) >= 11 is 0. The first kappa shape index (κ1) is 34.4. The van der Waals surface area contributed by atoms with Gasteiger partial charge in [0, 0.05) is 29.7 Å². The molecule has 1 aliphatic heterocycles. The van der Waals surface area contributed by atoms with Crippen molar-refractivity contribution < 1.29 is 9.59 Å². The Labute approximate surface area is 266 Å². The van der Waals surface area contributed by atoms with Crippen molar-refractivity contribution in [1.82, 2.24) is 4.90 Å². The van der Waals surface area contributed by atoms with Crippen LogP contribution >= 0.6 is 0 Å². The van der Waals surface area contributed by atoms with Crippen molar-refractivity contribution in [1.29, 1.82) is 5.41 Å². The van der Waals surface area contributed by atoms with E-state index in [9.17, 15) is 9.59 Å². The van der Waals surface area contributed by atoms with Crippen molar-refractivity contribution in [2.45, 2.75) is 52.9 Å². The topological polar surface area (TPSA) is 138 Å². The molecule has 1 heterocycles. The Balaban J connectivity index is 0.000000610. The number of fused-ring (bicyclic) bond motifs is 1. The summed E-state index contributed by atoms with van der Waals surface area (Å²) in [6, 6.07) is 12.0. The number of rotatable bonds is 9. The van der Waals surface area contributed by atoms with Gasteiger partial charge in [-0.2, -0.15) is 0 Å². The van der Waals surface area contributed by atoms with Crippen LogP contribution in [-0.2, 0) is 4.79 Å². The highest BCUT2D eigenvalue weighted by Crippen LogP contribution is 2.37. The highest BCUT2D eigenvalue weighted by Gasteiger charge is 2.32. The predicted octanol–water partition coefficient (Wildman–Crippen LogP) is 7.02. The molecule has 0 unspecified atom stereocenters. The maximum absolute atomic E-state index is 13.0. The Kier molecular flexibility index (Phi) is 11.9. The van der Waals surface area contributed by atoms with Gasteiger partial charge in [0.15, 0.2) is 5.96 Å². The van der Waals surface area contributed by atoms with Crippen molar-refractivity contribution in [2.24, 2.45) is 21.5 Å². The summed E-state index contributed by atoms with van der Waals surface area (Å²) < 4.78 is 0. The average molecular weight is 605 g/mol. The van der Waals surface area contributed by atoms with E-state index in [0.29, 0.717) is 43.5 Å². The van der Waals surface area contributed by atoms with Gasteiger partial charge in [-0.25, -0.2) is 0 Å². The first-order valence-corrected chi connectivity index (χ1v) is 14.9. The Morgan fingerprint density at radius 1 is 1.04 bits per heavy atom. The number of aryl methyl sites for hydroxylation is 2. The van der Waals surface area contributed by atoms with Gasteiger partial charge in [-0.15, -0.1) is 6.58 Å². The fourth-order valence-electron chi connectivity index (χ4n) is 5.20. The first-order chi connectivity index (χ1) is 21.4. The number of ketones is 1. The molecule has 4 rings (SSSR count). The molecule has 234 valence electrons. The van der Waals surface area contributed by atoms with Crippen LogP contribution in [0.15, 0.2) is 95.5 Å². The van der Waals surface area contributed by atoms with Gasteiger partial charge in [0.1, 0.15) is 5.78 Å². The second-order valence-electron chi connectivity index (χ2n) is 11.3. The third kappa shape index (κ3) is 8.72. The third-order valence-electron chi connectivity index (χ3n) is 7.75. The van der Waals surface area contributed by atoms with Crippen LogP contribution in [0.3, 0.4) is 0 Å². The molecule has 0 radical (unpaired) electrons. The summed E-state index contributed by atoms with van der Waals surface area (Å²) in [6.07, 6.45) is 6.79. The Morgan fingerprint density at radius 2 is 1.73 bits per heavy atom. The lowest BCUT2D eigenvalue weighted by atomic mass is 9.85. The summed E-state index contributed by atoms with van der Waals surface area (Å²) in [5.74, 6) is -0.166. The molecule has 0 spiro atoms. The minimum atomic E-state index is -0.219. The maximum atomic E-state index is 13.0. The molecule has 0 atom stereocenters. The van der Waals surface area contributed by atoms with E-state index in [-0.39, 0.29) is 24.2 Å².